The largest absolute Gasteiger partial charge is 0.371 e. The van der Waals surface area contributed by atoms with Crippen molar-refractivity contribution >= 4 is 21.6 Å². The molecule has 1 nitrogen and oxygen atoms in total. The molecule has 0 radical (unpaired) electrons. The summed E-state index contributed by atoms with van der Waals surface area (Å²) in [6.45, 7) is 4.50. The van der Waals surface area contributed by atoms with Crippen LogP contribution >= 0.6 is 15.9 Å². The number of alkyl halides is 1. The van der Waals surface area contributed by atoms with Gasteiger partial charge in [-0.3, -0.25) is 0 Å². The fourth-order valence-electron chi connectivity index (χ4n) is 2.00. The topological polar surface area (TPSA) is 3.24 Å². The second-order valence-electron chi connectivity index (χ2n) is 3.84. The number of rotatable bonds is 5. The fraction of sp³-hybridized carbons (Fsp3) is 0.538. The van der Waals surface area contributed by atoms with Crippen LogP contribution in [0.5, 0.6) is 0 Å². The third-order valence-corrected chi connectivity index (χ3v) is 3.61. The normalized spacial score (nSPS) is 10.7. The summed E-state index contributed by atoms with van der Waals surface area (Å²) in [6.07, 6.45) is 2.40. The molecule has 0 aliphatic carbocycles. The molecule has 0 N–H and O–H groups in total. The lowest BCUT2D eigenvalue weighted by Gasteiger charge is -2.30. The zero-order valence-corrected chi connectivity index (χ0v) is 11.4. The zero-order chi connectivity index (χ0) is 11.3. The quantitative estimate of drug-likeness (QED) is 0.724. The molecule has 0 aliphatic rings. The molecule has 0 spiro atoms. The lowest BCUT2D eigenvalue weighted by molar-refractivity contribution is 0.590. The van der Waals surface area contributed by atoms with Crippen LogP contribution in [0.2, 0.25) is 0 Å². The predicted octanol–water partition coefficient (Wildman–Crippen LogP) is 4.21. The molecule has 0 aromatic heterocycles. The Balaban J connectivity index is 2.93. The summed E-state index contributed by atoms with van der Waals surface area (Å²) in [7, 11) is 2.19. The van der Waals surface area contributed by atoms with Crippen LogP contribution in [0.1, 0.15) is 32.3 Å². The maximum absolute atomic E-state index is 3.54. The molecule has 0 atom stereocenters. The number of benzene rings is 1. The number of halogens is 1. The zero-order valence-electron chi connectivity index (χ0n) is 9.83. The summed E-state index contributed by atoms with van der Waals surface area (Å²) in [6, 6.07) is 9.24. The summed E-state index contributed by atoms with van der Waals surface area (Å²) in [4.78, 5) is 2.40. The molecule has 0 unspecified atom stereocenters. The molecule has 2 heteroatoms. The van der Waals surface area contributed by atoms with Gasteiger partial charge in [0.15, 0.2) is 0 Å². The van der Waals surface area contributed by atoms with Crippen LogP contribution in [0.25, 0.3) is 0 Å². The first kappa shape index (κ1) is 12.6. The molecule has 0 fully saturated rings. The molecule has 0 aliphatic heterocycles. The van der Waals surface area contributed by atoms with Gasteiger partial charge in [0, 0.05) is 24.1 Å². The molecule has 0 saturated heterocycles. The monoisotopic (exact) mass is 269 g/mol. The van der Waals surface area contributed by atoms with Gasteiger partial charge in [-0.15, -0.1) is 0 Å². The second kappa shape index (κ2) is 6.16. The average molecular weight is 270 g/mol. The summed E-state index contributed by atoms with van der Waals surface area (Å²) in [5.74, 6) is 0. The maximum atomic E-state index is 3.54. The van der Waals surface area contributed by atoms with E-state index >= 15 is 0 Å². The van der Waals surface area contributed by atoms with Gasteiger partial charge in [-0.25, -0.2) is 0 Å². The average Bonchev–Trinajstić information content (AvgIpc) is 2.30. The highest BCUT2D eigenvalue weighted by Gasteiger charge is 2.13. The van der Waals surface area contributed by atoms with Gasteiger partial charge in [-0.2, -0.15) is 0 Å². The van der Waals surface area contributed by atoms with Gasteiger partial charge in [0.05, 0.1) is 0 Å². The summed E-state index contributed by atoms with van der Waals surface area (Å²) < 4.78 is 0. The van der Waals surface area contributed by atoms with Crippen molar-refractivity contribution in [2.45, 2.75) is 38.1 Å². The van der Waals surface area contributed by atoms with Crippen LogP contribution in [0, 0.1) is 0 Å². The van der Waals surface area contributed by atoms with Gasteiger partial charge >= 0.3 is 0 Å². The minimum atomic E-state index is 0.644. The molecule has 84 valence electrons. The van der Waals surface area contributed by atoms with Gasteiger partial charge in [-0.05, 0) is 24.5 Å². The highest BCUT2D eigenvalue weighted by Crippen LogP contribution is 2.24. The van der Waals surface area contributed by atoms with Crippen molar-refractivity contribution in [3.05, 3.63) is 29.8 Å². The van der Waals surface area contributed by atoms with Crippen LogP contribution in [0.15, 0.2) is 24.3 Å². The smallest absolute Gasteiger partial charge is 0.0407 e. The van der Waals surface area contributed by atoms with E-state index in [2.05, 4.69) is 66.0 Å². The van der Waals surface area contributed by atoms with E-state index in [1.165, 1.54) is 24.1 Å². The number of anilines is 1. The molecule has 1 aromatic carbocycles. The van der Waals surface area contributed by atoms with Crippen LogP contribution in [0.4, 0.5) is 5.69 Å². The molecular weight excluding hydrogens is 250 g/mol. The molecular formula is C13H20BrN. The number of hydrogen-bond acceptors (Lipinski definition) is 1. The van der Waals surface area contributed by atoms with Crippen molar-refractivity contribution in [2.24, 2.45) is 0 Å². The highest BCUT2D eigenvalue weighted by molar-refractivity contribution is 9.08. The van der Waals surface area contributed by atoms with E-state index in [-0.39, 0.29) is 0 Å². The Hall–Kier alpha value is -0.500. The summed E-state index contributed by atoms with van der Waals surface area (Å²) >= 11 is 3.54. The van der Waals surface area contributed by atoms with E-state index in [1.807, 2.05) is 0 Å². The first-order valence-electron chi connectivity index (χ1n) is 5.61. The molecule has 15 heavy (non-hydrogen) atoms. The Bertz CT molecular complexity index is 294. The molecule has 0 bridgehead atoms. The van der Waals surface area contributed by atoms with Crippen LogP contribution < -0.4 is 4.90 Å². The van der Waals surface area contributed by atoms with Crippen LogP contribution in [-0.4, -0.2) is 13.1 Å². The number of nitrogens with zero attached hydrogens (tertiary/aromatic N) is 1. The maximum Gasteiger partial charge on any atom is 0.0407 e. The Labute approximate surface area is 102 Å². The van der Waals surface area contributed by atoms with Crippen LogP contribution in [-0.2, 0) is 5.33 Å². The molecule has 1 aromatic rings. The van der Waals surface area contributed by atoms with E-state index in [0.717, 1.165) is 5.33 Å². The van der Waals surface area contributed by atoms with Crippen molar-refractivity contribution in [2.75, 3.05) is 11.9 Å². The van der Waals surface area contributed by atoms with Crippen LogP contribution in [0.3, 0.4) is 0 Å². The third-order valence-electron chi connectivity index (χ3n) is 3.01. The van der Waals surface area contributed by atoms with Gasteiger partial charge in [0.25, 0.3) is 0 Å². The predicted molar refractivity (Wildman–Crippen MR) is 71.8 cm³/mol. The fourth-order valence-corrected chi connectivity index (χ4v) is 2.48. The summed E-state index contributed by atoms with van der Waals surface area (Å²) in [5, 5.41) is 0.924. The van der Waals surface area contributed by atoms with E-state index in [4.69, 9.17) is 0 Å². The standard InChI is InChI=1S/C13H20BrN/c1-4-12(5-2)15(3)13-9-7-6-8-11(13)10-14/h6-9,12H,4-5,10H2,1-3H3. The van der Waals surface area contributed by atoms with E-state index < -0.39 is 0 Å². The molecule has 0 amide bonds. The Morgan fingerprint density at radius 1 is 1.20 bits per heavy atom. The van der Waals surface area contributed by atoms with Crippen molar-refractivity contribution in [3.8, 4) is 0 Å². The molecule has 1 rings (SSSR count). The van der Waals surface area contributed by atoms with Gasteiger partial charge in [-0.1, -0.05) is 48.0 Å². The minimum absolute atomic E-state index is 0.644. The van der Waals surface area contributed by atoms with E-state index in [9.17, 15) is 0 Å². The van der Waals surface area contributed by atoms with Gasteiger partial charge < -0.3 is 4.90 Å². The molecule has 0 saturated carbocycles. The first-order chi connectivity index (χ1) is 7.24. The van der Waals surface area contributed by atoms with E-state index in [0.29, 0.717) is 6.04 Å². The Kier molecular flexibility index (Phi) is 5.16. The van der Waals surface area contributed by atoms with E-state index in [1.54, 1.807) is 0 Å². The van der Waals surface area contributed by atoms with Gasteiger partial charge in [0.1, 0.15) is 0 Å². The Morgan fingerprint density at radius 2 is 1.80 bits per heavy atom. The SMILES string of the molecule is CCC(CC)N(C)c1ccccc1CBr. The highest BCUT2D eigenvalue weighted by atomic mass is 79.9. The molecule has 0 heterocycles. The number of hydrogen-bond donors (Lipinski definition) is 0. The van der Waals surface area contributed by atoms with Crippen molar-refractivity contribution < 1.29 is 0 Å². The minimum Gasteiger partial charge on any atom is -0.371 e. The second-order valence-corrected chi connectivity index (χ2v) is 4.40. The van der Waals surface area contributed by atoms with Gasteiger partial charge in [0.2, 0.25) is 0 Å². The summed E-state index contributed by atoms with van der Waals surface area (Å²) in [5.41, 5.74) is 2.72. The van der Waals surface area contributed by atoms with Crippen molar-refractivity contribution in [3.63, 3.8) is 0 Å². The first-order valence-corrected chi connectivity index (χ1v) is 6.73. The third kappa shape index (κ3) is 2.97. The van der Waals surface area contributed by atoms with Crippen molar-refractivity contribution in [1.82, 2.24) is 0 Å². The Morgan fingerprint density at radius 3 is 2.33 bits per heavy atom. The van der Waals surface area contributed by atoms with Crippen molar-refractivity contribution in [1.29, 1.82) is 0 Å². The number of para-hydroxylation sites is 1. The lowest BCUT2D eigenvalue weighted by Crippen LogP contribution is -2.30. The lowest BCUT2D eigenvalue weighted by atomic mass is 10.1.